The molecule has 0 aliphatic rings. The molecule has 332 valence electrons. The van der Waals surface area contributed by atoms with Crippen molar-refractivity contribution in [1.82, 2.24) is 4.57 Å². The Morgan fingerprint density at radius 3 is 1.56 bits per heavy atom. The molecule has 0 aliphatic carbocycles. The summed E-state index contributed by atoms with van der Waals surface area (Å²) in [6, 6.07) is 96.8. The normalized spacial score (nSPS) is 11.7. The molecule has 2 aromatic heterocycles. The molecule has 0 unspecified atom stereocenters. The summed E-state index contributed by atoms with van der Waals surface area (Å²) in [6.07, 6.45) is 0. The number of furan rings is 1. The van der Waals surface area contributed by atoms with Crippen LogP contribution in [0.1, 0.15) is 0 Å². The van der Waals surface area contributed by atoms with Gasteiger partial charge in [-0.25, -0.2) is 0 Å². The lowest BCUT2D eigenvalue weighted by Crippen LogP contribution is -2.11. The first-order valence-electron chi connectivity index (χ1n) is 24.3. The predicted molar refractivity (Wildman–Crippen MR) is 299 cm³/mol. The molecule has 71 heavy (non-hydrogen) atoms. The minimum atomic E-state index is 0.885. The highest BCUT2D eigenvalue weighted by atomic mass is 16.3. The molecule has 3 nitrogen and oxygen atoms in total. The van der Waals surface area contributed by atoms with Crippen molar-refractivity contribution in [2.75, 3.05) is 4.90 Å². The third-order valence-corrected chi connectivity index (χ3v) is 14.4. The van der Waals surface area contributed by atoms with E-state index in [1.54, 1.807) is 0 Å². The lowest BCUT2D eigenvalue weighted by atomic mass is 9.92. The van der Waals surface area contributed by atoms with Crippen molar-refractivity contribution in [1.29, 1.82) is 0 Å². The first-order valence-corrected chi connectivity index (χ1v) is 24.3. The van der Waals surface area contributed by atoms with Crippen LogP contribution in [0.4, 0.5) is 17.1 Å². The van der Waals surface area contributed by atoms with Crippen molar-refractivity contribution in [3.63, 3.8) is 0 Å². The third kappa shape index (κ3) is 6.89. The lowest BCUT2D eigenvalue weighted by Gasteiger charge is -2.29. The maximum Gasteiger partial charge on any atom is 0.136 e. The molecule has 2 heterocycles. The summed E-state index contributed by atoms with van der Waals surface area (Å²) in [7, 11) is 0. The van der Waals surface area contributed by atoms with Gasteiger partial charge in [0.2, 0.25) is 0 Å². The van der Waals surface area contributed by atoms with Crippen molar-refractivity contribution < 1.29 is 4.42 Å². The molecule has 0 amide bonds. The van der Waals surface area contributed by atoms with Crippen LogP contribution in [-0.2, 0) is 0 Å². The molecule has 14 rings (SSSR count). The van der Waals surface area contributed by atoms with Crippen molar-refractivity contribution in [2.45, 2.75) is 0 Å². The zero-order valence-electron chi connectivity index (χ0n) is 38.7. The summed E-state index contributed by atoms with van der Waals surface area (Å²) in [6.45, 7) is 0. The van der Waals surface area contributed by atoms with Gasteiger partial charge in [0.05, 0.1) is 16.7 Å². The maximum absolute atomic E-state index is 6.37. The smallest absolute Gasteiger partial charge is 0.136 e. The second-order valence-corrected chi connectivity index (χ2v) is 18.4. The van der Waals surface area contributed by atoms with E-state index < -0.39 is 0 Å². The summed E-state index contributed by atoms with van der Waals surface area (Å²) in [5.41, 5.74) is 17.8. The highest BCUT2D eigenvalue weighted by Crippen LogP contribution is 2.46. The van der Waals surface area contributed by atoms with Gasteiger partial charge < -0.3 is 13.9 Å². The number of benzene rings is 12. The largest absolute Gasteiger partial charge is 0.456 e. The number of nitrogens with zero attached hydrogens (tertiary/aromatic N) is 2. The Kier molecular flexibility index (Phi) is 9.53. The molecule has 0 fully saturated rings. The van der Waals surface area contributed by atoms with Crippen LogP contribution >= 0.6 is 0 Å². The summed E-state index contributed by atoms with van der Waals surface area (Å²) in [5, 5.41) is 9.73. The van der Waals surface area contributed by atoms with Gasteiger partial charge in [0.15, 0.2) is 0 Å². The molecule has 0 radical (unpaired) electrons. The minimum Gasteiger partial charge on any atom is -0.456 e. The quantitative estimate of drug-likeness (QED) is 0.142. The number of hydrogen-bond donors (Lipinski definition) is 0. The van der Waals surface area contributed by atoms with Crippen LogP contribution in [0.2, 0.25) is 0 Å². The molecule has 0 saturated carbocycles. The molecular formula is C68H44N2O. The van der Waals surface area contributed by atoms with E-state index in [9.17, 15) is 0 Å². The Morgan fingerprint density at radius 1 is 0.282 bits per heavy atom. The fourth-order valence-corrected chi connectivity index (χ4v) is 11.0. The summed E-state index contributed by atoms with van der Waals surface area (Å²) in [4.78, 5) is 2.42. The predicted octanol–water partition coefficient (Wildman–Crippen LogP) is 19.1. The second-order valence-electron chi connectivity index (χ2n) is 18.4. The van der Waals surface area contributed by atoms with E-state index in [2.05, 4.69) is 264 Å². The van der Waals surface area contributed by atoms with Gasteiger partial charge in [-0.1, -0.05) is 182 Å². The van der Waals surface area contributed by atoms with Crippen LogP contribution in [0.25, 0.3) is 115 Å². The first-order chi connectivity index (χ1) is 35.2. The van der Waals surface area contributed by atoms with Crippen LogP contribution in [0, 0.1) is 0 Å². The Balaban J connectivity index is 0.862. The fourth-order valence-electron chi connectivity index (χ4n) is 11.0. The average molecular weight is 905 g/mol. The van der Waals surface area contributed by atoms with Crippen molar-refractivity contribution >= 4 is 82.4 Å². The highest BCUT2D eigenvalue weighted by Gasteiger charge is 2.21. The molecule has 0 bridgehead atoms. The van der Waals surface area contributed by atoms with Crippen molar-refractivity contribution in [3.8, 4) is 50.2 Å². The monoisotopic (exact) mass is 904 g/mol. The van der Waals surface area contributed by atoms with E-state index in [4.69, 9.17) is 4.42 Å². The summed E-state index contributed by atoms with van der Waals surface area (Å²) in [5.74, 6) is 0. The number of hydrogen-bond acceptors (Lipinski definition) is 2. The van der Waals surface area contributed by atoms with E-state index in [0.29, 0.717) is 0 Å². The summed E-state index contributed by atoms with van der Waals surface area (Å²) >= 11 is 0. The molecule has 12 aromatic carbocycles. The number of para-hydroxylation sites is 4. The molecular weight excluding hydrogens is 861 g/mol. The van der Waals surface area contributed by atoms with Crippen LogP contribution < -0.4 is 4.90 Å². The van der Waals surface area contributed by atoms with Gasteiger partial charge in [0, 0.05) is 44.2 Å². The van der Waals surface area contributed by atoms with Crippen LogP contribution in [0.5, 0.6) is 0 Å². The van der Waals surface area contributed by atoms with Gasteiger partial charge in [-0.15, -0.1) is 0 Å². The van der Waals surface area contributed by atoms with Crippen LogP contribution in [0.3, 0.4) is 0 Å². The van der Waals surface area contributed by atoms with Crippen molar-refractivity contribution in [3.05, 3.63) is 267 Å². The Morgan fingerprint density at radius 2 is 0.817 bits per heavy atom. The van der Waals surface area contributed by atoms with Gasteiger partial charge in [-0.3, -0.25) is 0 Å². The van der Waals surface area contributed by atoms with Gasteiger partial charge in [0.25, 0.3) is 0 Å². The number of rotatable bonds is 8. The zero-order valence-corrected chi connectivity index (χ0v) is 38.7. The Bertz CT molecular complexity index is 4290. The van der Waals surface area contributed by atoms with Gasteiger partial charge in [0.1, 0.15) is 11.2 Å². The van der Waals surface area contributed by atoms with E-state index in [-0.39, 0.29) is 0 Å². The van der Waals surface area contributed by atoms with E-state index in [0.717, 1.165) is 72.5 Å². The van der Waals surface area contributed by atoms with Crippen LogP contribution in [0.15, 0.2) is 271 Å². The Labute approximate surface area is 411 Å². The topological polar surface area (TPSA) is 21.3 Å². The van der Waals surface area contributed by atoms with Crippen LogP contribution in [-0.4, -0.2) is 4.57 Å². The minimum absolute atomic E-state index is 0.885. The zero-order chi connectivity index (χ0) is 46.8. The average Bonchev–Trinajstić information content (AvgIpc) is 3.99. The molecule has 0 N–H and O–H groups in total. The highest BCUT2D eigenvalue weighted by molar-refractivity contribution is 6.15. The fraction of sp³-hybridized carbons (Fsp3) is 0. The second kappa shape index (κ2) is 16.7. The number of fused-ring (bicyclic) bond motifs is 9. The number of aromatic nitrogens is 1. The molecule has 0 atom stereocenters. The van der Waals surface area contributed by atoms with E-state index in [1.807, 2.05) is 12.1 Å². The molecule has 0 saturated heterocycles. The van der Waals surface area contributed by atoms with Gasteiger partial charge in [-0.2, -0.15) is 0 Å². The van der Waals surface area contributed by atoms with Gasteiger partial charge in [-0.05, 0) is 145 Å². The number of anilines is 3. The first kappa shape index (κ1) is 40.6. The van der Waals surface area contributed by atoms with E-state index >= 15 is 0 Å². The summed E-state index contributed by atoms with van der Waals surface area (Å²) < 4.78 is 8.74. The molecule has 0 spiro atoms. The molecule has 0 aliphatic heterocycles. The van der Waals surface area contributed by atoms with Crippen molar-refractivity contribution in [2.24, 2.45) is 0 Å². The standard InChI is InChI=1S/C68H44N2O/c1-2-20-55-51(15-1)43-63(57-22-4-3-21-56(55)57)60-25-7-9-27-64(60)69(54-19-14-18-49(42-54)50-35-40-62-61-26-8-12-30-67(61)71-68(62)44-50)52-36-31-45(32-37-52)47-16-13-17-48(41-47)46-33-38-53(39-34-46)70-65-28-10-5-23-58(65)59-24-6-11-29-66(59)70/h1-44H. The SMILES string of the molecule is c1cc(-c2ccc(N(c3cccc(-c4ccc5c(c4)oc4ccccc45)c3)c3ccccc3-c3cc4ccccc4c4ccccc34)cc2)cc(-c2ccc(-n3c4ccccc4c4ccccc43)cc2)c1. The molecule has 14 aromatic rings. The van der Waals surface area contributed by atoms with E-state index in [1.165, 1.54) is 60.0 Å². The Hall–Kier alpha value is -9.44. The third-order valence-electron chi connectivity index (χ3n) is 14.4. The molecule has 3 heteroatoms. The lowest BCUT2D eigenvalue weighted by molar-refractivity contribution is 0.669. The van der Waals surface area contributed by atoms with Gasteiger partial charge >= 0.3 is 0 Å². The maximum atomic E-state index is 6.37.